The smallest absolute Gasteiger partial charge is 0.126 e. The Morgan fingerprint density at radius 3 is 2.56 bits per heavy atom. The van der Waals surface area contributed by atoms with E-state index in [2.05, 4.69) is 4.90 Å². The van der Waals surface area contributed by atoms with Crippen LogP contribution in [0.1, 0.15) is 18.0 Å². The van der Waals surface area contributed by atoms with E-state index in [9.17, 15) is 8.78 Å². The lowest BCUT2D eigenvalue weighted by atomic mass is 10.1. The van der Waals surface area contributed by atoms with Crippen LogP contribution >= 0.6 is 0 Å². The first-order chi connectivity index (χ1) is 8.63. The lowest BCUT2D eigenvalue weighted by Gasteiger charge is -2.27. The second-order valence-corrected chi connectivity index (χ2v) is 4.60. The first-order valence-corrected chi connectivity index (χ1v) is 6.07. The second-order valence-electron chi connectivity index (χ2n) is 4.60. The minimum absolute atomic E-state index is 0.157. The molecule has 18 heavy (non-hydrogen) atoms. The molecule has 0 spiro atoms. The molecular weight excluding hydrogens is 238 g/mol. The molecule has 1 saturated heterocycles. The lowest BCUT2D eigenvalue weighted by Crippen LogP contribution is -2.33. The highest BCUT2D eigenvalue weighted by atomic mass is 19.1. The predicted octanol–water partition coefficient (Wildman–Crippen LogP) is 1.69. The molecule has 1 aliphatic rings. The van der Waals surface area contributed by atoms with Crippen LogP contribution < -0.4 is 5.73 Å². The average Bonchev–Trinajstić information content (AvgIpc) is 2.77. The molecule has 5 heteroatoms. The van der Waals surface area contributed by atoms with E-state index in [1.54, 1.807) is 7.11 Å². The van der Waals surface area contributed by atoms with Gasteiger partial charge in [0.05, 0.1) is 6.10 Å². The van der Waals surface area contributed by atoms with Gasteiger partial charge in [-0.3, -0.25) is 4.90 Å². The standard InChI is InChI=1S/C13H18F2N2O/c1-18-12-2-3-17(8-12)13(7-16)9-4-10(14)6-11(15)5-9/h4-6,12-13H,2-3,7-8,16H2,1H3. The maximum atomic E-state index is 13.2. The summed E-state index contributed by atoms with van der Waals surface area (Å²) in [6.07, 6.45) is 1.10. The molecule has 2 rings (SSSR count). The van der Waals surface area contributed by atoms with E-state index in [1.165, 1.54) is 12.1 Å². The van der Waals surface area contributed by atoms with Gasteiger partial charge in [0.2, 0.25) is 0 Å². The molecular formula is C13H18F2N2O. The summed E-state index contributed by atoms with van der Waals surface area (Å²) < 4.78 is 31.7. The zero-order chi connectivity index (χ0) is 13.1. The Bertz CT molecular complexity index is 394. The van der Waals surface area contributed by atoms with E-state index in [0.29, 0.717) is 12.1 Å². The summed E-state index contributed by atoms with van der Waals surface area (Å²) in [7, 11) is 1.67. The van der Waals surface area contributed by atoms with Crippen LogP contribution in [0, 0.1) is 11.6 Å². The highest BCUT2D eigenvalue weighted by molar-refractivity contribution is 5.22. The Balaban J connectivity index is 2.18. The summed E-state index contributed by atoms with van der Waals surface area (Å²) in [5, 5.41) is 0. The topological polar surface area (TPSA) is 38.5 Å². The number of ether oxygens (including phenoxy) is 1. The molecule has 1 fully saturated rings. The number of hydrogen-bond acceptors (Lipinski definition) is 3. The van der Waals surface area contributed by atoms with E-state index in [-0.39, 0.29) is 12.1 Å². The Morgan fingerprint density at radius 2 is 2.06 bits per heavy atom. The van der Waals surface area contributed by atoms with E-state index in [1.807, 2.05) is 0 Å². The average molecular weight is 256 g/mol. The van der Waals surface area contributed by atoms with Crippen molar-refractivity contribution in [2.75, 3.05) is 26.7 Å². The number of rotatable bonds is 4. The van der Waals surface area contributed by atoms with Gasteiger partial charge >= 0.3 is 0 Å². The van der Waals surface area contributed by atoms with Gasteiger partial charge in [0.25, 0.3) is 0 Å². The molecule has 1 heterocycles. The molecule has 2 atom stereocenters. The van der Waals surface area contributed by atoms with Crippen LogP contribution in [0.25, 0.3) is 0 Å². The molecule has 0 saturated carbocycles. The lowest BCUT2D eigenvalue weighted by molar-refractivity contribution is 0.101. The quantitative estimate of drug-likeness (QED) is 0.891. The summed E-state index contributed by atoms with van der Waals surface area (Å²) >= 11 is 0. The van der Waals surface area contributed by atoms with Gasteiger partial charge in [0.1, 0.15) is 11.6 Å². The number of hydrogen-bond donors (Lipinski definition) is 1. The van der Waals surface area contributed by atoms with Gasteiger partial charge in [-0.2, -0.15) is 0 Å². The summed E-state index contributed by atoms with van der Waals surface area (Å²) in [4.78, 5) is 2.11. The van der Waals surface area contributed by atoms with Gasteiger partial charge in [-0.1, -0.05) is 0 Å². The third kappa shape index (κ3) is 2.85. The molecule has 1 aromatic carbocycles. The number of nitrogens with two attached hydrogens (primary N) is 1. The molecule has 0 bridgehead atoms. The summed E-state index contributed by atoms with van der Waals surface area (Å²) in [6.45, 7) is 1.91. The van der Waals surface area contributed by atoms with Crippen molar-refractivity contribution < 1.29 is 13.5 Å². The number of nitrogens with zero attached hydrogens (tertiary/aromatic N) is 1. The van der Waals surface area contributed by atoms with Crippen molar-refractivity contribution >= 4 is 0 Å². The normalized spacial score (nSPS) is 22.3. The molecule has 3 nitrogen and oxygen atoms in total. The van der Waals surface area contributed by atoms with Crippen molar-refractivity contribution in [3.8, 4) is 0 Å². The van der Waals surface area contributed by atoms with Gasteiger partial charge in [0.15, 0.2) is 0 Å². The molecule has 100 valence electrons. The molecule has 2 N–H and O–H groups in total. The van der Waals surface area contributed by atoms with Gasteiger partial charge in [-0.15, -0.1) is 0 Å². The van der Waals surface area contributed by atoms with Gasteiger partial charge in [-0.05, 0) is 24.1 Å². The minimum Gasteiger partial charge on any atom is -0.380 e. The zero-order valence-corrected chi connectivity index (χ0v) is 10.4. The largest absolute Gasteiger partial charge is 0.380 e. The summed E-state index contributed by atoms with van der Waals surface area (Å²) in [5.41, 5.74) is 6.33. The van der Waals surface area contributed by atoms with Gasteiger partial charge < -0.3 is 10.5 Å². The fourth-order valence-corrected chi connectivity index (χ4v) is 2.49. The van der Waals surface area contributed by atoms with Crippen molar-refractivity contribution in [3.63, 3.8) is 0 Å². The highest BCUT2D eigenvalue weighted by Gasteiger charge is 2.28. The second kappa shape index (κ2) is 5.73. The van der Waals surface area contributed by atoms with Crippen LogP contribution in [0.2, 0.25) is 0 Å². The van der Waals surface area contributed by atoms with Gasteiger partial charge in [-0.25, -0.2) is 8.78 Å². The molecule has 0 aliphatic carbocycles. The molecule has 0 radical (unpaired) electrons. The van der Waals surface area contributed by atoms with E-state index < -0.39 is 11.6 Å². The third-order valence-corrected chi connectivity index (χ3v) is 3.44. The molecule has 0 amide bonds. The molecule has 1 aliphatic heterocycles. The highest BCUT2D eigenvalue weighted by Crippen LogP contribution is 2.26. The number of benzene rings is 1. The number of likely N-dealkylation sites (tertiary alicyclic amines) is 1. The maximum Gasteiger partial charge on any atom is 0.126 e. The Morgan fingerprint density at radius 1 is 1.39 bits per heavy atom. The van der Waals surface area contributed by atoms with Crippen LogP contribution in [0.3, 0.4) is 0 Å². The van der Waals surface area contributed by atoms with E-state index >= 15 is 0 Å². The van der Waals surface area contributed by atoms with Crippen molar-refractivity contribution in [1.82, 2.24) is 4.90 Å². The Kier molecular flexibility index (Phi) is 4.27. The van der Waals surface area contributed by atoms with Crippen molar-refractivity contribution in [1.29, 1.82) is 0 Å². The van der Waals surface area contributed by atoms with Crippen molar-refractivity contribution in [3.05, 3.63) is 35.4 Å². The molecule has 1 aromatic rings. The first-order valence-electron chi connectivity index (χ1n) is 6.07. The Labute approximate surface area is 106 Å². The number of methoxy groups -OCH3 is 1. The van der Waals surface area contributed by atoms with E-state index in [4.69, 9.17) is 10.5 Å². The van der Waals surface area contributed by atoms with Crippen LogP contribution in [-0.4, -0.2) is 37.7 Å². The van der Waals surface area contributed by atoms with Crippen LogP contribution in [0.4, 0.5) is 8.78 Å². The van der Waals surface area contributed by atoms with Crippen LogP contribution in [0.5, 0.6) is 0 Å². The summed E-state index contributed by atoms with van der Waals surface area (Å²) in [6, 6.07) is 3.41. The SMILES string of the molecule is COC1CCN(C(CN)c2cc(F)cc(F)c2)C1. The van der Waals surface area contributed by atoms with Crippen LogP contribution in [-0.2, 0) is 4.74 Å². The fourth-order valence-electron chi connectivity index (χ4n) is 2.49. The molecule has 0 aromatic heterocycles. The summed E-state index contributed by atoms with van der Waals surface area (Å²) in [5.74, 6) is -1.13. The zero-order valence-electron chi connectivity index (χ0n) is 10.4. The van der Waals surface area contributed by atoms with Crippen LogP contribution in [0.15, 0.2) is 18.2 Å². The monoisotopic (exact) mass is 256 g/mol. The fraction of sp³-hybridized carbons (Fsp3) is 0.538. The first kappa shape index (κ1) is 13.4. The minimum atomic E-state index is -0.564. The maximum absolute atomic E-state index is 13.2. The van der Waals surface area contributed by atoms with Crippen molar-refractivity contribution in [2.24, 2.45) is 5.73 Å². The third-order valence-electron chi connectivity index (χ3n) is 3.44. The predicted molar refractivity (Wildman–Crippen MR) is 65.1 cm³/mol. The van der Waals surface area contributed by atoms with Gasteiger partial charge in [0, 0.05) is 38.9 Å². The Hall–Kier alpha value is -1.04. The number of halogens is 2. The molecule has 2 unspecified atom stereocenters. The van der Waals surface area contributed by atoms with Crippen molar-refractivity contribution in [2.45, 2.75) is 18.6 Å². The van der Waals surface area contributed by atoms with E-state index in [0.717, 1.165) is 25.6 Å².